The van der Waals surface area contributed by atoms with E-state index in [4.69, 9.17) is 11.3 Å². The molecule has 0 radical (unpaired) electrons. The first kappa shape index (κ1) is 12.1. The summed E-state index contributed by atoms with van der Waals surface area (Å²) in [7, 11) is 0. The summed E-state index contributed by atoms with van der Waals surface area (Å²) in [5.41, 5.74) is 0.653. The van der Waals surface area contributed by atoms with Crippen LogP contribution in [0.5, 0.6) is 0 Å². The molecule has 0 spiro atoms. The lowest BCUT2D eigenvalue weighted by Gasteiger charge is -2.10. The van der Waals surface area contributed by atoms with E-state index in [2.05, 4.69) is 10.2 Å². The van der Waals surface area contributed by atoms with Crippen molar-refractivity contribution in [2.24, 2.45) is 5.92 Å². The number of hydrogen-bond donors (Lipinski definition) is 1. The van der Waals surface area contributed by atoms with Crippen LogP contribution in [-0.2, 0) is 4.74 Å². The molecule has 1 N–H and O–H groups in total. The Kier molecular flexibility index (Phi) is 4.34. The van der Waals surface area contributed by atoms with E-state index in [1.165, 1.54) is 0 Å². The van der Waals surface area contributed by atoms with Gasteiger partial charge in [-0.05, 0) is 12.1 Å². The molecule has 1 atom stereocenters. The number of rotatable bonds is 3. The van der Waals surface area contributed by atoms with Gasteiger partial charge in [0.05, 0.1) is 5.92 Å². The number of ether oxygens (including phenoxy) is 1. The van der Waals surface area contributed by atoms with Gasteiger partial charge in [0, 0.05) is 5.69 Å². The normalized spacial score (nSPS) is 11.6. The number of nitrogens with zero attached hydrogens (tertiary/aromatic N) is 1. The molecule has 0 fully saturated rings. The highest BCUT2D eigenvalue weighted by Crippen LogP contribution is 2.11. The molecule has 1 aromatic carbocycles. The average Bonchev–Trinajstić information content (AvgIpc) is 2.27. The first-order valence-electron chi connectivity index (χ1n) is 5.02. The zero-order chi connectivity index (χ0) is 12.0. The lowest BCUT2D eigenvalue weighted by atomic mass is 10.2. The maximum atomic E-state index is 11.4. The van der Waals surface area contributed by atoms with E-state index in [0.29, 0.717) is 5.69 Å². The highest BCUT2D eigenvalue weighted by molar-refractivity contribution is 5.84. The predicted molar refractivity (Wildman–Crippen MR) is 61.8 cm³/mol. The zero-order valence-electron chi connectivity index (χ0n) is 9.31. The standard InChI is InChI=1S/C12H14N2O2/c1-9(2)11(13-3)16-12(15)14-10-7-5-4-6-8-10/h4-9,11H,1-2H3,(H,14,15). The molecular weight excluding hydrogens is 204 g/mol. The van der Waals surface area contributed by atoms with Gasteiger partial charge in [-0.2, -0.15) is 0 Å². The molecule has 0 aliphatic heterocycles. The van der Waals surface area contributed by atoms with Gasteiger partial charge in [0.2, 0.25) is 0 Å². The molecule has 4 nitrogen and oxygen atoms in total. The van der Waals surface area contributed by atoms with Crippen LogP contribution >= 0.6 is 0 Å². The van der Waals surface area contributed by atoms with Crippen molar-refractivity contribution in [3.8, 4) is 0 Å². The maximum absolute atomic E-state index is 11.4. The van der Waals surface area contributed by atoms with Crippen LogP contribution in [0.2, 0.25) is 0 Å². The first-order valence-corrected chi connectivity index (χ1v) is 5.02. The number of nitrogens with one attached hydrogen (secondary N) is 1. The summed E-state index contributed by atoms with van der Waals surface area (Å²) in [5, 5.41) is 2.56. The topological polar surface area (TPSA) is 42.7 Å². The van der Waals surface area contributed by atoms with E-state index < -0.39 is 12.3 Å². The molecule has 1 unspecified atom stereocenters. The molecule has 0 saturated heterocycles. The molecule has 0 aromatic heterocycles. The first-order chi connectivity index (χ1) is 7.63. The summed E-state index contributed by atoms with van der Waals surface area (Å²) in [6, 6.07) is 8.98. The fourth-order valence-electron chi connectivity index (χ4n) is 1.09. The van der Waals surface area contributed by atoms with Gasteiger partial charge in [0.1, 0.15) is 0 Å². The maximum Gasteiger partial charge on any atom is 0.417 e. The van der Waals surface area contributed by atoms with Crippen molar-refractivity contribution in [2.75, 3.05) is 5.32 Å². The third kappa shape index (κ3) is 3.62. The van der Waals surface area contributed by atoms with Crippen molar-refractivity contribution in [1.82, 2.24) is 0 Å². The minimum atomic E-state index is -0.733. The lowest BCUT2D eigenvalue weighted by Crippen LogP contribution is -2.23. The number of benzene rings is 1. The van der Waals surface area contributed by atoms with Crippen molar-refractivity contribution in [1.29, 1.82) is 0 Å². The smallest absolute Gasteiger partial charge is 0.374 e. The van der Waals surface area contributed by atoms with Crippen LogP contribution in [0.4, 0.5) is 10.5 Å². The Bertz CT molecular complexity index is 382. The third-order valence-electron chi connectivity index (χ3n) is 1.95. The largest absolute Gasteiger partial charge is 0.417 e. The van der Waals surface area contributed by atoms with Crippen molar-refractivity contribution in [3.05, 3.63) is 41.7 Å². The minimum absolute atomic E-state index is 0.0148. The summed E-state index contributed by atoms with van der Waals surface area (Å²) >= 11 is 0. The number of amides is 1. The fourth-order valence-corrected chi connectivity index (χ4v) is 1.09. The number of carbonyl (C=O) groups excluding carboxylic acids is 1. The predicted octanol–water partition coefficient (Wildman–Crippen LogP) is 3.14. The number of carbonyl (C=O) groups is 1. The van der Waals surface area contributed by atoms with Crippen LogP contribution < -0.4 is 5.32 Å². The van der Waals surface area contributed by atoms with Crippen molar-refractivity contribution >= 4 is 11.8 Å². The summed E-state index contributed by atoms with van der Waals surface area (Å²) < 4.78 is 4.96. The molecule has 0 aliphatic carbocycles. The summed E-state index contributed by atoms with van der Waals surface area (Å²) in [4.78, 5) is 14.6. The molecule has 1 rings (SSSR count). The highest BCUT2D eigenvalue weighted by atomic mass is 16.6. The molecule has 16 heavy (non-hydrogen) atoms. The zero-order valence-corrected chi connectivity index (χ0v) is 9.31. The van der Waals surface area contributed by atoms with Crippen LogP contribution in [-0.4, -0.2) is 12.3 Å². The Morgan fingerprint density at radius 2 is 2.00 bits per heavy atom. The Balaban J connectivity index is 2.52. The minimum Gasteiger partial charge on any atom is -0.374 e. The molecular formula is C12H14N2O2. The van der Waals surface area contributed by atoms with Gasteiger partial charge >= 0.3 is 12.3 Å². The van der Waals surface area contributed by atoms with Crippen LogP contribution in [0.1, 0.15) is 13.8 Å². The average molecular weight is 218 g/mol. The second kappa shape index (κ2) is 5.76. The van der Waals surface area contributed by atoms with Crippen LogP contribution in [0.15, 0.2) is 30.3 Å². The Labute approximate surface area is 95.0 Å². The molecule has 4 heteroatoms. The van der Waals surface area contributed by atoms with E-state index in [0.717, 1.165) is 0 Å². The van der Waals surface area contributed by atoms with E-state index >= 15 is 0 Å². The van der Waals surface area contributed by atoms with E-state index in [9.17, 15) is 4.79 Å². The number of para-hydroxylation sites is 1. The quantitative estimate of drug-likeness (QED) is 0.792. The third-order valence-corrected chi connectivity index (χ3v) is 1.95. The van der Waals surface area contributed by atoms with Crippen molar-refractivity contribution in [2.45, 2.75) is 20.1 Å². The second-order valence-corrected chi connectivity index (χ2v) is 3.66. The van der Waals surface area contributed by atoms with E-state index in [1.54, 1.807) is 12.1 Å². The van der Waals surface area contributed by atoms with Gasteiger partial charge in [-0.15, -0.1) is 0 Å². The lowest BCUT2D eigenvalue weighted by molar-refractivity contribution is 0.109. The Morgan fingerprint density at radius 3 is 2.50 bits per heavy atom. The van der Waals surface area contributed by atoms with Gasteiger partial charge in [-0.1, -0.05) is 32.0 Å². The molecule has 84 valence electrons. The molecule has 0 bridgehead atoms. The Hall–Kier alpha value is -2.02. The van der Waals surface area contributed by atoms with E-state index in [-0.39, 0.29) is 5.92 Å². The summed E-state index contributed by atoms with van der Waals surface area (Å²) in [6.07, 6.45) is -1.33. The molecule has 0 aliphatic rings. The van der Waals surface area contributed by atoms with Crippen LogP contribution in [0.3, 0.4) is 0 Å². The molecule has 0 saturated carbocycles. The van der Waals surface area contributed by atoms with Crippen molar-refractivity contribution < 1.29 is 9.53 Å². The second-order valence-electron chi connectivity index (χ2n) is 3.66. The van der Waals surface area contributed by atoms with Crippen molar-refractivity contribution in [3.63, 3.8) is 0 Å². The number of anilines is 1. The summed E-state index contributed by atoms with van der Waals surface area (Å²) in [5.74, 6) is -0.0148. The molecule has 0 heterocycles. The van der Waals surface area contributed by atoms with Gasteiger partial charge in [0.25, 0.3) is 0 Å². The fraction of sp³-hybridized carbons (Fsp3) is 0.333. The highest BCUT2D eigenvalue weighted by Gasteiger charge is 2.22. The monoisotopic (exact) mass is 218 g/mol. The molecule has 1 amide bonds. The Morgan fingerprint density at radius 1 is 1.38 bits per heavy atom. The van der Waals surface area contributed by atoms with Gasteiger partial charge < -0.3 is 4.74 Å². The van der Waals surface area contributed by atoms with Gasteiger partial charge in [-0.3, -0.25) is 10.2 Å². The summed E-state index contributed by atoms with van der Waals surface area (Å²) in [6.45, 7) is 10.5. The van der Waals surface area contributed by atoms with Crippen LogP contribution in [0, 0.1) is 12.5 Å². The van der Waals surface area contributed by atoms with Gasteiger partial charge in [0.15, 0.2) is 0 Å². The van der Waals surface area contributed by atoms with E-state index in [1.807, 2.05) is 32.0 Å². The SMILES string of the molecule is [C-]#[N+]C(OC(=O)Nc1ccccc1)C(C)C. The van der Waals surface area contributed by atoms with Gasteiger partial charge in [-0.25, -0.2) is 11.4 Å². The van der Waals surface area contributed by atoms with Crippen LogP contribution in [0.25, 0.3) is 4.85 Å². The number of hydrogen-bond acceptors (Lipinski definition) is 2. The molecule has 1 aromatic rings.